The topological polar surface area (TPSA) is 22.1 Å². The number of alkyl halides is 1. The number of hydrogen-bond acceptors (Lipinski definition) is 3. The Bertz CT molecular complexity index is 526. The highest BCUT2D eigenvalue weighted by Crippen LogP contribution is 2.21. The molecule has 2 rings (SSSR count). The molecule has 102 valence electrons. The number of aromatic nitrogens is 1. The van der Waals surface area contributed by atoms with E-state index in [9.17, 15) is 0 Å². The van der Waals surface area contributed by atoms with Crippen LogP contribution in [0.5, 0.6) is 5.75 Å². The van der Waals surface area contributed by atoms with Crippen molar-refractivity contribution in [3.63, 3.8) is 0 Å². The quantitative estimate of drug-likeness (QED) is 0.733. The molecule has 2 aromatic rings. The molecule has 0 radical (unpaired) electrons. The van der Waals surface area contributed by atoms with Gasteiger partial charge in [0.2, 0.25) is 0 Å². The van der Waals surface area contributed by atoms with Gasteiger partial charge in [-0.3, -0.25) is 0 Å². The van der Waals surface area contributed by atoms with Crippen molar-refractivity contribution in [3.8, 4) is 5.75 Å². The lowest BCUT2D eigenvalue weighted by Crippen LogP contribution is -2.10. The van der Waals surface area contributed by atoms with E-state index < -0.39 is 0 Å². The third kappa shape index (κ3) is 4.32. The predicted octanol–water partition coefficient (Wildman–Crippen LogP) is 4.26. The summed E-state index contributed by atoms with van der Waals surface area (Å²) in [6.07, 6.45) is 2.07. The Morgan fingerprint density at radius 1 is 1.37 bits per heavy atom. The summed E-state index contributed by atoms with van der Waals surface area (Å²) in [6.45, 7) is 2.05. The van der Waals surface area contributed by atoms with E-state index in [1.165, 1.54) is 10.6 Å². The summed E-state index contributed by atoms with van der Waals surface area (Å²) in [5, 5.41) is 4.33. The van der Waals surface area contributed by atoms with Crippen LogP contribution in [0.3, 0.4) is 0 Å². The first-order valence-electron chi connectivity index (χ1n) is 6.31. The summed E-state index contributed by atoms with van der Waals surface area (Å²) in [5.74, 6) is 1.49. The van der Waals surface area contributed by atoms with Gasteiger partial charge in [-0.05, 0) is 37.0 Å². The zero-order valence-corrected chi connectivity index (χ0v) is 13.6. The minimum atomic E-state index is 0.567. The van der Waals surface area contributed by atoms with Crippen molar-refractivity contribution in [1.29, 1.82) is 0 Å². The maximum atomic E-state index is 5.27. The molecule has 0 aliphatic carbocycles. The standard InChI is InChI=1S/C15H18BrNOS/c1-11-10-19-15(17-11)8-13(9-16)6-12-4-3-5-14(7-12)18-2/h3-5,7,10,13H,6,8-9H2,1-2H3. The molecule has 1 aromatic heterocycles. The van der Waals surface area contributed by atoms with Crippen molar-refractivity contribution >= 4 is 27.3 Å². The summed E-state index contributed by atoms with van der Waals surface area (Å²) in [7, 11) is 1.71. The molecule has 0 N–H and O–H groups in total. The molecule has 0 saturated heterocycles. The summed E-state index contributed by atoms with van der Waals surface area (Å²) in [6, 6.07) is 8.30. The summed E-state index contributed by atoms with van der Waals surface area (Å²) in [4.78, 5) is 4.55. The van der Waals surface area contributed by atoms with Gasteiger partial charge in [-0.25, -0.2) is 4.98 Å². The van der Waals surface area contributed by atoms with Crippen molar-refractivity contribution in [3.05, 3.63) is 45.9 Å². The van der Waals surface area contributed by atoms with Crippen LogP contribution in [0.2, 0.25) is 0 Å². The molecule has 4 heteroatoms. The first-order valence-corrected chi connectivity index (χ1v) is 8.31. The van der Waals surface area contributed by atoms with Crippen LogP contribution in [0.15, 0.2) is 29.6 Å². The SMILES string of the molecule is COc1cccc(CC(CBr)Cc2nc(C)cs2)c1. The van der Waals surface area contributed by atoms with Crippen molar-refractivity contribution < 1.29 is 4.74 Å². The number of hydrogen-bond donors (Lipinski definition) is 0. The van der Waals surface area contributed by atoms with Gasteiger partial charge in [0.1, 0.15) is 5.75 Å². The molecule has 0 spiro atoms. The van der Waals surface area contributed by atoms with Gasteiger partial charge in [0.15, 0.2) is 0 Å². The Balaban J connectivity index is 2.01. The van der Waals surface area contributed by atoms with Crippen molar-refractivity contribution in [2.45, 2.75) is 19.8 Å². The van der Waals surface area contributed by atoms with Crippen molar-refractivity contribution in [2.75, 3.05) is 12.4 Å². The summed E-state index contributed by atoms with van der Waals surface area (Å²) >= 11 is 5.37. The van der Waals surface area contributed by atoms with E-state index in [4.69, 9.17) is 4.74 Å². The van der Waals surface area contributed by atoms with Crippen LogP contribution < -0.4 is 4.74 Å². The average molecular weight is 340 g/mol. The zero-order chi connectivity index (χ0) is 13.7. The third-order valence-corrected chi connectivity index (χ3v) is 4.91. The monoisotopic (exact) mass is 339 g/mol. The van der Waals surface area contributed by atoms with Crippen LogP contribution >= 0.6 is 27.3 Å². The maximum Gasteiger partial charge on any atom is 0.119 e. The first-order chi connectivity index (χ1) is 9.21. The van der Waals surface area contributed by atoms with Crippen LogP contribution in [0.4, 0.5) is 0 Å². The van der Waals surface area contributed by atoms with E-state index in [2.05, 4.69) is 38.4 Å². The van der Waals surface area contributed by atoms with Gasteiger partial charge >= 0.3 is 0 Å². The normalized spacial score (nSPS) is 12.4. The molecule has 0 aliphatic heterocycles. The Kier molecular flexibility index (Phi) is 5.40. The summed E-state index contributed by atoms with van der Waals surface area (Å²) in [5.41, 5.74) is 2.44. The Morgan fingerprint density at radius 2 is 2.21 bits per heavy atom. The number of nitrogens with zero attached hydrogens (tertiary/aromatic N) is 1. The molecule has 1 heterocycles. The molecular formula is C15H18BrNOS. The van der Waals surface area contributed by atoms with Gasteiger partial charge in [-0.1, -0.05) is 28.1 Å². The second-order valence-corrected chi connectivity index (χ2v) is 6.25. The molecule has 19 heavy (non-hydrogen) atoms. The van der Waals surface area contributed by atoms with Crippen LogP contribution in [0.1, 0.15) is 16.3 Å². The minimum Gasteiger partial charge on any atom is -0.497 e. The highest BCUT2D eigenvalue weighted by atomic mass is 79.9. The highest BCUT2D eigenvalue weighted by molar-refractivity contribution is 9.09. The van der Waals surface area contributed by atoms with Crippen molar-refractivity contribution in [2.24, 2.45) is 5.92 Å². The Hall–Kier alpha value is -0.870. The molecule has 1 atom stereocenters. The molecule has 0 saturated carbocycles. The number of aryl methyl sites for hydroxylation is 1. The Morgan fingerprint density at radius 3 is 2.84 bits per heavy atom. The lowest BCUT2D eigenvalue weighted by molar-refractivity contribution is 0.414. The van der Waals surface area contributed by atoms with E-state index in [0.29, 0.717) is 5.92 Å². The number of rotatable bonds is 6. The third-order valence-electron chi connectivity index (χ3n) is 3.01. The molecule has 1 unspecified atom stereocenters. The molecule has 2 nitrogen and oxygen atoms in total. The van der Waals surface area contributed by atoms with Crippen LogP contribution in [0, 0.1) is 12.8 Å². The first kappa shape index (κ1) is 14.5. The number of benzene rings is 1. The predicted molar refractivity (Wildman–Crippen MR) is 84.5 cm³/mol. The van der Waals surface area contributed by atoms with Gasteiger partial charge < -0.3 is 4.74 Å². The smallest absolute Gasteiger partial charge is 0.119 e. The second kappa shape index (κ2) is 7.06. The van der Waals surface area contributed by atoms with Crippen LogP contribution in [-0.2, 0) is 12.8 Å². The van der Waals surface area contributed by atoms with Crippen molar-refractivity contribution in [1.82, 2.24) is 4.98 Å². The van der Waals surface area contributed by atoms with Gasteiger partial charge in [0, 0.05) is 22.8 Å². The van der Waals surface area contributed by atoms with Gasteiger partial charge in [0.25, 0.3) is 0 Å². The Labute approximate surface area is 127 Å². The van der Waals surface area contributed by atoms with Crippen LogP contribution in [-0.4, -0.2) is 17.4 Å². The van der Waals surface area contributed by atoms with E-state index in [1.54, 1.807) is 18.4 Å². The molecular weight excluding hydrogens is 322 g/mol. The molecule has 0 fully saturated rings. The fourth-order valence-corrected chi connectivity index (χ4v) is 3.40. The number of methoxy groups -OCH3 is 1. The number of ether oxygens (including phenoxy) is 1. The lowest BCUT2D eigenvalue weighted by Gasteiger charge is -2.13. The van der Waals surface area contributed by atoms with Gasteiger partial charge in [-0.15, -0.1) is 11.3 Å². The van der Waals surface area contributed by atoms with E-state index in [0.717, 1.165) is 29.6 Å². The van der Waals surface area contributed by atoms with E-state index in [-0.39, 0.29) is 0 Å². The lowest BCUT2D eigenvalue weighted by atomic mass is 9.98. The highest BCUT2D eigenvalue weighted by Gasteiger charge is 2.12. The number of halogens is 1. The van der Waals surface area contributed by atoms with E-state index >= 15 is 0 Å². The van der Waals surface area contributed by atoms with Gasteiger partial charge in [0.05, 0.1) is 12.1 Å². The van der Waals surface area contributed by atoms with Gasteiger partial charge in [-0.2, -0.15) is 0 Å². The average Bonchev–Trinajstić information content (AvgIpc) is 2.83. The molecule has 0 amide bonds. The summed E-state index contributed by atoms with van der Waals surface area (Å²) < 4.78 is 5.27. The molecule has 0 aliphatic rings. The maximum absolute atomic E-state index is 5.27. The largest absolute Gasteiger partial charge is 0.497 e. The number of thiazole rings is 1. The molecule has 1 aromatic carbocycles. The zero-order valence-electron chi connectivity index (χ0n) is 11.2. The fourth-order valence-electron chi connectivity index (χ4n) is 2.06. The fraction of sp³-hybridized carbons (Fsp3) is 0.400. The minimum absolute atomic E-state index is 0.567. The molecule has 0 bridgehead atoms. The van der Waals surface area contributed by atoms with E-state index in [1.807, 2.05) is 19.1 Å². The second-order valence-electron chi connectivity index (χ2n) is 4.66. The van der Waals surface area contributed by atoms with Crippen LogP contribution in [0.25, 0.3) is 0 Å².